The van der Waals surface area contributed by atoms with Gasteiger partial charge in [0.1, 0.15) is 18.1 Å². The Hall–Kier alpha value is -3.67. The highest BCUT2D eigenvalue weighted by atomic mass is 32.1. The third-order valence-electron chi connectivity index (χ3n) is 3.36. The lowest BCUT2D eigenvalue weighted by Gasteiger charge is -2.19. The monoisotopic (exact) mass is 407 g/mol. The average Bonchev–Trinajstić information content (AvgIpc) is 3.16. The second-order valence-corrected chi connectivity index (χ2v) is 6.39. The second-order valence-electron chi connectivity index (χ2n) is 5.33. The van der Waals surface area contributed by atoms with Crippen LogP contribution in [0.15, 0.2) is 30.3 Å². The predicted molar refractivity (Wildman–Crippen MR) is 95.8 cm³/mol. The van der Waals surface area contributed by atoms with Crippen LogP contribution in [0.2, 0.25) is 0 Å². The summed E-state index contributed by atoms with van der Waals surface area (Å²) >= 11 is 0.621. The van der Waals surface area contributed by atoms with E-state index in [-0.39, 0.29) is 9.88 Å². The van der Waals surface area contributed by atoms with E-state index in [0.717, 1.165) is 6.07 Å². The smallest absolute Gasteiger partial charge is 0.349 e. The highest BCUT2D eigenvalue weighted by Gasteiger charge is 2.18. The van der Waals surface area contributed by atoms with Gasteiger partial charge in [0.15, 0.2) is 18.1 Å². The molecule has 28 heavy (non-hydrogen) atoms. The third-order valence-corrected chi connectivity index (χ3v) is 4.38. The van der Waals surface area contributed by atoms with Gasteiger partial charge in [-0.1, -0.05) is 11.3 Å². The fourth-order valence-electron chi connectivity index (χ4n) is 2.18. The first-order chi connectivity index (χ1) is 13.4. The SMILES string of the molecule is O=C(COC(=O)c1ccc([N+](=O)[O-])s1)NC(=O)Nc1ccc2c(c1)OCCO2. The summed E-state index contributed by atoms with van der Waals surface area (Å²) in [5.41, 5.74) is 0.373. The standard InChI is InChI=1S/C16H13N3O8S/c20-13(8-27-15(21)12-3-4-14(28-12)19(23)24)18-16(22)17-9-1-2-10-11(7-9)26-6-5-25-10/h1-4,7H,5-6,8H2,(H2,17,18,20,22). The first-order valence-corrected chi connectivity index (χ1v) is 8.66. The number of thiophene rings is 1. The molecule has 1 aliphatic heterocycles. The molecule has 0 atom stereocenters. The van der Waals surface area contributed by atoms with E-state index >= 15 is 0 Å². The van der Waals surface area contributed by atoms with E-state index < -0.39 is 29.4 Å². The summed E-state index contributed by atoms with van der Waals surface area (Å²) in [4.78, 5) is 45.3. The molecule has 0 unspecified atom stereocenters. The van der Waals surface area contributed by atoms with Crippen LogP contribution >= 0.6 is 11.3 Å². The molecular weight excluding hydrogens is 394 g/mol. The number of carbonyl (C=O) groups excluding carboxylic acids is 3. The van der Waals surface area contributed by atoms with Gasteiger partial charge >= 0.3 is 17.0 Å². The van der Waals surface area contributed by atoms with Gasteiger partial charge < -0.3 is 19.5 Å². The molecule has 1 aromatic heterocycles. The van der Waals surface area contributed by atoms with Gasteiger partial charge in [-0.15, -0.1) is 0 Å². The van der Waals surface area contributed by atoms with Crippen LogP contribution in [-0.4, -0.2) is 42.7 Å². The zero-order valence-corrected chi connectivity index (χ0v) is 14.9. The molecule has 12 heteroatoms. The first kappa shape index (κ1) is 19.1. The zero-order valence-electron chi connectivity index (χ0n) is 14.1. The van der Waals surface area contributed by atoms with Gasteiger partial charge in [0.2, 0.25) is 0 Å². The largest absolute Gasteiger partial charge is 0.486 e. The van der Waals surface area contributed by atoms with Crippen molar-refractivity contribution in [2.75, 3.05) is 25.1 Å². The first-order valence-electron chi connectivity index (χ1n) is 7.84. The van der Waals surface area contributed by atoms with Gasteiger partial charge in [-0.05, 0) is 18.2 Å². The van der Waals surface area contributed by atoms with Crippen molar-refractivity contribution in [3.05, 3.63) is 45.3 Å². The van der Waals surface area contributed by atoms with Crippen molar-refractivity contribution in [2.24, 2.45) is 0 Å². The van der Waals surface area contributed by atoms with Crippen molar-refractivity contribution in [3.63, 3.8) is 0 Å². The highest BCUT2D eigenvalue weighted by Crippen LogP contribution is 2.32. The number of carbonyl (C=O) groups is 3. The Morgan fingerprint density at radius 3 is 2.61 bits per heavy atom. The van der Waals surface area contributed by atoms with E-state index in [1.807, 2.05) is 5.32 Å². The van der Waals surface area contributed by atoms with Crippen LogP contribution < -0.4 is 20.1 Å². The average molecular weight is 407 g/mol. The molecule has 2 N–H and O–H groups in total. The molecule has 11 nitrogen and oxygen atoms in total. The Morgan fingerprint density at radius 1 is 1.14 bits per heavy atom. The molecule has 3 rings (SSSR count). The van der Waals surface area contributed by atoms with Crippen LogP contribution in [0.1, 0.15) is 9.67 Å². The number of rotatable bonds is 5. The van der Waals surface area contributed by atoms with E-state index in [4.69, 9.17) is 14.2 Å². The van der Waals surface area contributed by atoms with E-state index in [9.17, 15) is 24.5 Å². The topological polar surface area (TPSA) is 146 Å². The summed E-state index contributed by atoms with van der Waals surface area (Å²) in [6.45, 7) is 0.102. The van der Waals surface area contributed by atoms with Crippen LogP contribution in [0.5, 0.6) is 11.5 Å². The number of ether oxygens (including phenoxy) is 3. The van der Waals surface area contributed by atoms with Gasteiger partial charge in [-0.25, -0.2) is 9.59 Å². The lowest BCUT2D eigenvalue weighted by Crippen LogP contribution is -2.37. The van der Waals surface area contributed by atoms with Crippen molar-refractivity contribution in [1.82, 2.24) is 5.32 Å². The van der Waals surface area contributed by atoms with Crippen LogP contribution in [0.3, 0.4) is 0 Å². The molecule has 1 aromatic carbocycles. The Bertz CT molecular complexity index is 942. The van der Waals surface area contributed by atoms with Gasteiger partial charge in [-0.2, -0.15) is 0 Å². The molecule has 0 spiro atoms. The molecule has 2 aromatic rings. The van der Waals surface area contributed by atoms with Gasteiger partial charge in [0.25, 0.3) is 5.91 Å². The maximum atomic E-state index is 11.9. The number of fused-ring (bicyclic) bond motifs is 1. The second kappa shape index (κ2) is 8.35. The van der Waals surface area contributed by atoms with Crippen molar-refractivity contribution in [2.45, 2.75) is 0 Å². The molecule has 0 radical (unpaired) electrons. The number of esters is 1. The molecule has 0 saturated carbocycles. The number of imide groups is 1. The lowest BCUT2D eigenvalue weighted by molar-refractivity contribution is -0.380. The molecule has 0 bridgehead atoms. The predicted octanol–water partition coefficient (Wildman–Crippen LogP) is 1.93. The number of amides is 3. The number of nitro groups is 1. The zero-order chi connectivity index (χ0) is 20.1. The summed E-state index contributed by atoms with van der Waals surface area (Å²) in [7, 11) is 0. The van der Waals surface area contributed by atoms with Crippen LogP contribution in [0.4, 0.5) is 15.5 Å². The van der Waals surface area contributed by atoms with Crippen LogP contribution in [0, 0.1) is 10.1 Å². The maximum Gasteiger partial charge on any atom is 0.349 e. The Kier molecular flexibility index (Phi) is 5.69. The normalized spacial score (nSPS) is 12.0. The Morgan fingerprint density at radius 2 is 1.89 bits per heavy atom. The molecule has 146 valence electrons. The van der Waals surface area contributed by atoms with Crippen molar-refractivity contribution in [3.8, 4) is 11.5 Å². The van der Waals surface area contributed by atoms with E-state index in [2.05, 4.69) is 5.32 Å². The summed E-state index contributed by atoms with van der Waals surface area (Å²) in [5, 5.41) is 14.8. The summed E-state index contributed by atoms with van der Waals surface area (Å²) in [6, 6.07) is 6.28. The van der Waals surface area contributed by atoms with Gasteiger partial charge in [-0.3, -0.25) is 20.2 Å². The number of hydrogen-bond donors (Lipinski definition) is 2. The van der Waals surface area contributed by atoms with Crippen molar-refractivity contribution < 1.29 is 33.5 Å². The number of urea groups is 1. The number of benzene rings is 1. The molecule has 2 heterocycles. The lowest BCUT2D eigenvalue weighted by atomic mass is 10.2. The summed E-state index contributed by atoms with van der Waals surface area (Å²) < 4.78 is 15.5. The van der Waals surface area contributed by atoms with Crippen LogP contribution in [0.25, 0.3) is 0 Å². The van der Waals surface area contributed by atoms with Crippen LogP contribution in [-0.2, 0) is 9.53 Å². The minimum absolute atomic E-state index is 0.0276. The Balaban J connectivity index is 1.47. The van der Waals surface area contributed by atoms with E-state index in [1.165, 1.54) is 6.07 Å². The minimum atomic E-state index is -0.902. The number of hydrogen-bond acceptors (Lipinski definition) is 9. The van der Waals surface area contributed by atoms with E-state index in [1.54, 1.807) is 18.2 Å². The molecule has 0 saturated heterocycles. The molecule has 1 aliphatic rings. The fraction of sp³-hybridized carbons (Fsp3) is 0.188. The fourth-order valence-corrected chi connectivity index (χ4v) is 2.90. The van der Waals surface area contributed by atoms with E-state index in [0.29, 0.717) is 41.7 Å². The molecule has 0 aliphatic carbocycles. The van der Waals surface area contributed by atoms with Crippen molar-refractivity contribution in [1.29, 1.82) is 0 Å². The number of nitrogens with one attached hydrogen (secondary N) is 2. The van der Waals surface area contributed by atoms with Gasteiger partial charge in [0.05, 0.1) is 4.92 Å². The molecular formula is C16H13N3O8S. The van der Waals surface area contributed by atoms with Crippen molar-refractivity contribution >= 4 is 39.9 Å². The maximum absolute atomic E-state index is 11.9. The molecule has 0 fully saturated rings. The number of anilines is 1. The highest BCUT2D eigenvalue weighted by molar-refractivity contribution is 7.17. The third kappa shape index (κ3) is 4.73. The number of nitrogens with zero attached hydrogens (tertiary/aromatic N) is 1. The van der Waals surface area contributed by atoms with Gasteiger partial charge in [0, 0.05) is 17.8 Å². The quantitative estimate of drug-likeness (QED) is 0.434. The molecule has 3 amide bonds. The summed E-state index contributed by atoms with van der Waals surface area (Å²) in [6.07, 6.45) is 0. The Labute approximate surface area is 161 Å². The minimum Gasteiger partial charge on any atom is -0.486 e. The summed E-state index contributed by atoms with van der Waals surface area (Å²) in [5.74, 6) is -0.752.